The molecule has 0 unspecified atom stereocenters. The SMILES string of the molecule is CCOc1cc(-c2nc(CC)cc(NN)n2)ccc1O. The smallest absolute Gasteiger partial charge is 0.161 e. The Balaban J connectivity index is 2.47. The van der Waals surface area contributed by atoms with Crippen LogP contribution in [0.1, 0.15) is 19.5 Å². The van der Waals surface area contributed by atoms with E-state index in [4.69, 9.17) is 10.6 Å². The number of nitrogens with two attached hydrogens (primary N) is 1. The van der Waals surface area contributed by atoms with E-state index in [0.717, 1.165) is 17.7 Å². The maximum absolute atomic E-state index is 9.72. The molecule has 0 saturated heterocycles. The Bertz CT molecular complexity index is 579. The van der Waals surface area contributed by atoms with E-state index in [0.29, 0.717) is 24.0 Å². The first-order valence-electron chi connectivity index (χ1n) is 6.48. The fourth-order valence-corrected chi connectivity index (χ4v) is 1.81. The number of nitrogens with zero attached hydrogens (tertiary/aromatic N) is 2. The molecule has 0 spiro atoms. The van der Waals surface area contributed by atoms with Crippen LogP contribution in [0.25, 0.3) is 11.4 Å². The number of anilines is 1. The standard InChI is InChI=1S/C14H18N4O2/c1-3-10-8-13(18-15)17-14(16-10)9-5-6-11(19)12(7-9)20-4-2/h5-8,19H,3-4,15H2,1-2H3,(H,16,17,18). The van der Waals surface area contributed by atoms with E-state index in [1.54, 1.807) is 24.3 Å². The number of aromatic nitrogens is 2. The number of phenols is 1. The predicted octanol–water partition coefficient (Wildman–Crippen LogP) is 2.10. The molecule has 20 heavy (non-hydrogen) atoms. The van der Waals surface area contributed by atoms with Crippen LogP contribution in [-0.2, 0) is 6.42 Å². The summed E-state index contributed by atoms with van der Waals surface area (Å²) in [7, 11) is 0. The highest BCUT2D eigenvalue weighted by atomic mass is 16.5. The molecule has 1 aromatic heterocycles. The van der Waals surface area contributed by atoms with Gasteiger partial charge in [-0.1, -0.05) is 6.92 Å². The largest absolute Gasteiger partial charge is 0.504 e. The molecule has 106 valence electrons. The first-order chi connectivity index (χ1) is 9.67. The average Bonchev–Trinajstić information content (AvgIpc) is 2.49. The summed E-state index contributed by atoms with van der Waals surface area (Å²) in [5.41, 5.74) is 4.18. The van der Waals surface area contributed by atoms with E-state index < -0.39 is 0 Å². The van der Waals surface area contributed by atoms with E-state index >= 15 is 0 Å². The lowest BCUT2D eigenvalue weighted by molar-refractivity contribution is 0.318. The van der Waals surface area contributed by atoms with E-state index in [-0.39, 0.29) is 5.75 Å². The van der Waals surface area contributed by atoms with Gasteiger partial charge in [-0.3, -0.25) is 0 Å². The number of benzene rings is 1. The van der Waals surface area contributed by atoms with Crippen molar-refractivity contribution in [3.63, 3.8) is 0 Å². The van der Waals surface area contributed by atoms with Crippen molar-refractivity contribution >= 4 is 5.82 Å². The van der Waals surface area contributed by atoms with Gasteiger partial charge in [0.15, 0.2) is 17.3 Å². The van der Waals surface area contributed by atoms with Crippen LogP contribution in [0.5, 0.6) is 11.5 Å². The Kier molecular flexibility index (Phi) is 4.37. The second-order valence-electron chi connectivity index (χ2n) is 4.18. The van der Waals surface area contributed by atoms with E-state index in [2.05, 4.69) is 15.4 Å². The molecule has 0 aliphatic carbocycles. The van der Waals surface area contributed by atoms with Crippen molar-refractivity contribution in [2.75, 3.05) is 12.0 Å². The van der Waals surface area contributed by atoms with E-state index in [9.17, 15) is 5.11 Å². The number of hydrogen-bond donors (Lipinski definition) is 3. The Hall–Kier alpha value is -2.34. The molecule has 1 aromatic carbocycles. The topological polar surface area (TPSA) is 93.3 Å². The van der Waals surface area contributed by atoms with Gasteiger partial charge >= 0.3 is 0 Å². The highest BCUT2D eigenvalue weighted by Crippen LogP contribution is 2.30. The van der Waals surface area contributed by atoms with Crippen LogP contribution in [0.15, 0.2) is 24.3 Å². The summed E-state index contributed by atoms with van der Waals surface area (Å²) < 4.78 is 5.37. The number of aromatic hydroxyl groups is 1. The van der Waals surface area contributed by atoms with Gasteiger partial charge in [-0.25, -0.2) is 15.8 Å². The van der Waals surface area contributed by atoms with Gasteiger partial charge in [0, 0.05) is 17.3 Å². The van der Waals surface area contributed by atoms with Crippen LogP contribution in [0.2, 0.25) is 0 Å². The zero-order valence-electron chi connectivity index (χ0n) is 11.6. The molecule has 0 aliphatic heterocycles. The Morgan fingerprint density at radius 2 is 2.05 bits per heavy atom. The van der Waals surface area contributed by atoms with Crippen LogP contribution in [-0.4, -0.2) is 21.7 Å². The number of hydrazine groups is 1. The first-order valence-corrected chi connectivity index (χ1v) is 6.48. The van der Waals surface area contributed by atoms with Gasteiger partial charge in [-0.15, -0.1) is 0 Å². The molecule has 4 N–H and O–H groups in total. The maximum atomic E-state index is 9.72. The molecular formula is C14H18N4O2. The molecule has 0 amide bonds. The van der Waals surface area contributed by atoms with Gasteiger partial charge in [0.1, 0.15) is 5.82 Å². The van der Waals surface area contributed by atoms with Gasteiger partial charge in [0.2, 0.25) is 0 Å². The summed E-state index contributed by atoms with van der Waals surface area (Å²) in [4.78, 5) is 8.77. The third-order valence-electron chi connectivity index (χ3n) is 2.81. The van der Waals surface area contributed by atoms with Gasteiger partial charge < -0.3 is 15.3 Å². The number of aryl methyl sites for hydroxylation is 1. The summed E-state index contributed by atoms with van der Waals surface area (Å²) >= 11 is 0. The summed E-state index contributed by atoms with van der Waals surface area (Å²) in [5.74, 6) is 7.02. The minimum Gasteiger partial charge on any atom is -0.504 e. The molecule has 0 atom stereocenters. The summed E-state index contributed by atoms with van der Waals surface area (Å²) in [5, 5.41) is 9.72. The van der Waals surface area contributed by atoms with Crippen LogP contribution in [0.3, 0.4) is 0 Å². The molecular weight excluding hydrogens is 256 g/mol. The van der Waals surface area contributed by atoms with Crippen molar-refractivity contribution in [3.05, 3.63) is 30.0 Å². The van der Waals surface area contributed by atoms with Crippen molar-refractivity contribution < 1.29 is 9.84 Å². The van der Waals surface area contributed by atoms with E-state index in [1.807, 2.05) is 13.8 Å². The number of ether oxygens (including phenoxy) is 1. The molecule has 2 aromatic rings. The summed E-state index contributed by atoms with van der Waals surface area (Å²) in [6, 6.07) is 6.83. The number of rotatable bonds is 5. The van der Waals surface area contributed by atoms with Gasteiger partial charge in [-0.05, 0) is 31.5 Å². The molecule has 0 bridgehead atoms. The Morgan fingerprint density at radius 1 is 1.25 bits per heavy atom. The van der Waals surface area contributed by atoms with Crippen molar-refractivity contribution in [1.82, 2.24) is 9.97 Å². The molecule has 2 rings (SSSR count). The van der Waals surface area contributed by atoms with Crippen LogP contribution in [0, 0.1) is 0 Å². The lowest BCUT2D eigenvalue weighted by Crippen LogP contribution is -2.10. The average molecular weight is 274 g/mol. The van der Waals surface area contributed by atoms with Crippen molar-refractivity contribution in [1.29, 1.82) is 0 Å². The molecule has 0 saturated carbocycles. The first kappa shape index (κ1) is 14.1. The zero-order chi connectivity index (χ0) is 14.5. The van der Waals surface area contributed by atoms with Gasteiger partial charge in [0.25, 0.3) is 0 Å². The maximum Gasteiger partial charge on any atom is 0.161 e. The number of phenolic OH excluding ortho intramolecular Hbond substituents is 1. The molecule has 0 radical (unpaired) electrons. The minimum absolute atomic E-state index is 0.0967. The highest BCUT2D eigenvalue weighted by Gasteiger charge is 2.09. The molecule has 6 heteroatoms. The van der Waals surface area contributed by atoms with Crippen molar-refractivity contribution in [3.8, 4) is 22.9 Å². The fraction of sp³-hybridized carbons (Fsp3) is 0.286. The quantitative estimate of drug-likeness (QED) is 0.571. The molecule has 0 aliphatic rings. The van der Waals surface area contributed by atoms with Crippen molar-refractivity contribution in [2.45, 2.75) is 20.3 Å². The fourth-order valence-electron chi connectivity index (χ4n) is 1.81. The van der Waals surface area contributed by atoms with Crippen LogP contribution in [0.4, 0.5) is 5.82 Å². The lowest BCUT2D eigenvalue weighted by atomic mass is 10.1. The molecule has 6 nitrogen and oxygen atoms in total. The van der Waals surface area contributed by atoms with Gasteiger partial charge in [-0.2, -0.15) is 0 Å². The number of nitrogen functional groups attached to an aromatic ring is 1. The second kappa shape index (κ2) is 6.21. The molecule has 1 heterocycles. The third kappa shape index (κ3) is 2.97. The summed E-state index contributed by atoms with van der Waals surface area (Å²) in [6.07, 6.45) is 0.778. The van der Waals surface area contributed by atoms with Crippen molar-refractivity contribution in [2.24, 2.45) is 5.84 Å². The number of nitrogens with one attached hydrogen (secondary N) is 1. The zero-order valence-corrected chi connectivity index (χ0v) is 11.6. The van der Waals surface area contributed by atoms with Crippen LogP contribution < -0.4 is 16.0 Å². The number of hydrogen-bond acceptors (Lipinski definition) is 6. The highest BCUT2D eigenvalue weighted by molar-refractivity contribution is 5.62. The minimum atomic E-state index is 0.0967. The molecule has 0 fully saturated rings. The second-order valence-corrected chi connectivity index (χ2v) is 4.18. The van der Waals surface area contributed by atoms with Gasteiger partial charge in [0.05, 0.1) is 6.61 Å². The third-order valence-corrected chi connectivity index (χ3v) is 2.81. The normalized spacial score (nSPS) is 10.3. The van der Waals surface area contributed by atoms with E-state index in [1.165, 1.54) is 0 Å². The monoisotopic (exact) mass is 274 g/mol. The summed E-state index contributed by atoms with van der Waals surface area (Å²) in [6.45, 7) is 4.34. The van der Waals surface area contributed by atoms with Crippen LogP contribution >= 0.6 is 0 Å². The Labute approximate surface area is 117 Å². The lowest BCUT2D eigenvalue weighted by Gasteiger charge is -2.09. The Morgan fingerprint density at radius 3 is 2.70 bits per heavy atom. The predicted molar refractivity (Wildman–Crippen MR) is 77.5 cm³/mol.